The number of rotatable bonds is 7. The molecular formula is C59H39NS. The summed E-state index contributed by atoms with van der Waals surface area (Å²) in [6, 6.07) is 87.3. The van der Waals surface area contributed by atoms with E-state index in [0.717, 1.165) is 17.1 Å². The summed E-state index contributed by atoms with van der Waals surface area (Å²) in [6.45, 7) is 0. The molecule has 12 rings (SSSR count). The van der Waals surface area contributed by atoms with E-state index in [1.54, 1.807) is 0 Å². The first kappa shape index (κ1) is 35.4. The Bertz CT molecular complexity index is 3370. The molecule has 61 heavy (non-hydrogen) atoms. The van der Waals surface area contributed by atoms with Crippen LogP contribution in [-0.2, 0) is 5.41 Å². The van der Waals surface area contributed by atoms with Crippen LogP contribution in [0.3, 0.4) is 0 Å². The Morgan fingerprint density at radius 1 is 0.344 bits per heavy atom. The van der Waals surface area contributed by atoms with Gasteiger partial charge in [-0.3, -0.25) is 0 Å². The molecule has 0 unspecified atom stereocenters. The molecule has 0 N–H and O–H groups in total. The lowest BCUT2D eigenvalue weighted by molar-refractivity contribution is 0.768. The van der Waals surface area contributed by atoms with Gasteiger partial charge < -0.3 is 4.90 Å². The van der Waals surface area contributed by atoms with E-state index in [2.05, 4.69) is 241 Å². The first-order valence-electron chi connectivity index (χ1n) is 21.0. The van der Waals surface area contributed by atoms with Crippen molar-refractivity contribution in [2.24, 2.45) is 0 Å². The molecule has 11 aromatic rings. The Kier molecular flexibility index (Phi) is 8.33. The van der Waals surface area contributed by atoms with Crippen molar-refractivity contribution in [3.05, 3.63) is 259 Å². The van der Waals surface area contributed by atoms with E-state index >= 15 is 0 Å². The summed E-state index contributed by atoms with van der Waals surface area (Å²) < 4.78 is 2.60. The van der Waals surface area contributed by atoms with Crippen molar-refractivity contribution in [2.75, 3.05) is 4.90 Å². The fourth-order valence-corrected chi connectivity index (χ4v) is 11.4. The molecule has 1 aliphatic carbocycles. The van der Waals surface area contributed by atoms with Gasteiger partial charge in [0.05, 0.1) is 16.8 Å². The van der Waals surface area contributed by atoms with Crippen molar-refractivity contribution in [3.8, 4) is 33.4 Å². The molecule has 2 heteroatoms. The van der Waals surface area contributed by atoms with Gasteiger partial charge in [0.25, 0.3) is 0 Å². The summed E-state index contributed by atoms with van der Waals surface area (Å²) in [5.41, 5.74) is 15.3. The molecule has 286 valence electrons. The second kappa shape index (κ2) is 14.3. The van der Waals surface area contributed by atoms with Gasteiger partial charge in [-0.25, -0.2) is 0 Å². The molecule has 0 bridgehead atoms. The van der Waals surface area contributed by atoms with Gasteiger partial charge in [0.1, 0.15) is 0 Å². The first-order chi connectivity index (χ1) is 30.3. The second-order valence-electron chi connectivity index (χ2n) is 15.9. The zero-order valence-corrected chi connectivity index (χ0v) is 34.2. The number of hydrogen-bond acceptors (Lipinski definition) is 2. The highest BCUT2D eigenvalue weighted by atomic mass is 32.1. The van der Waals surface area contributed by atoms with Crippen LogP contribution < -0.4 is 4.90 Å². The van der Waals surface area contributed by atoms with Crippen LogP contribution in [-0.4, -0.2) is 0 Å². The van der Waals surface area contributed by atoms with E-state index < -0.39 is 5.41 Å². The monoisotopic (exact) mass is 793 g/mol. The van der Waals surface area contributed by atoms with Crippen LogP contribution in [0.4, 0.5) is 17.1 Å². The highest BCUT2D eigenvalue weighted by Crippen LogP contribution is 2.58. The predicted octanol–water partition coefficient (Wildman–Crippen LogP) is 16.4. The van der Waals surface area contributed by atoms with Crippen molar-refractivity contribution in [1.29, 1.82) is 0 Å². The van der Waals surface area contributed by atoms with Crippen LogP contribution in [0.2, 0.25) is 0 Å². The van der Waals surface area contributed by atoms with Crippen LogP contribution in [0.5, 0.6) is 0 Å². The maximum absolute atomic E-state index is 2.54. The Labute approximate surface area is 360 Å². The van der Waals surface area contributed by atoms with Crippen LogP contribution in [0.15, 0.2) is 237 Å². The molecule has 0 atom stereocenters. The first-order valence-corrected chi connectivity index (χ1v) is 21.8. The highest BCUT2D eigenvalue weighted by molar-refractivity contribution is 7.26. The van der Waals surface area contributed by atoms with Crippen molar-refractivity contribution >= 4 is 59.3 Å². The molecule has 0 aliphatic heterocycles. The van der Waals surface area contributed by atoms with E-state index in [1.165, 1.54) is 86.6 Å². The van der Waals surface area contributed by atoms with Crippen LogP contribution in [0.1, 0.15) is 22.3 Å². The summed E-state index contributed by atoms with van der Waals surface area (Å²) in [5, 5.41) is 5.04. The predicted molar refractivity (Wildman–Crippen MR) is 260 cm³/mol. The lowest BCUT2D eigenvalue weighted by Crippen LogP contribution is -2.28. The van der Waals surface area contributed by atoms with Gasteiger partial charge in [0, 0.05) is 42.2 Å². The van der Waals surface area contributed by atoms with Gasteiger partial charge in [-0.2, -0.15) is 0 Å². The Hall–Kier alpha value is -7.52. The zero-order valence-electron chi connectivity index (χ0n) is 33.4. The van der Waals surface area contributed by atoms with Crippen molar-refractivity contribution in [2.45, 2.75) is 5.41 Å². The van der Waals surface area contributed by atoms with Gasteiger partial charge in [-0.05, 0) is 80.4 Å². The van der Waals surface area contributed by atoms with Crippen LogP contribution >= 0.6 is 11.3 Å². The molecule has 10 aromatic carbocycles. The normalized spacial score (nSPS) is 12.7. The fourth-order valence-electron chi connectivity index (χ4n) is 10.2. The fraction of sp³-hybridized carbons (Fsp3) is 0.0169. The number of thiophene rings is 1. The quantitative estimate of drug-likeness (QED) is 0.155. The number of para-hydroxylation sites is 1. The number of nitrogens with zero attached hydrogens (tertiary/aromatic N) is 1. The van der Waals surface area contributed by atoms with E-state index in [0.29, 0.717) is 0 Å². The molecule has 0 radical (unpaired) electrons. The van der Waals surface area contributed by atoms with Gasteiger partial charge in [-0.1, -0.05) is 206 Å². The molecule has 1 aliphatic rings. The number of fused-ring (bicyclic) bond motifs is 8. The second-order valence-corrected chi connectivity index (χ2v) is 17.0. The minimum Gasteiger partial charge on any atom is -0.309 e. The van der Waals surface area contributed by atoms with Crippen molar-refractivity contribution < 1.29 is 0 Å². The third-order valence-corrected chi connectivity index (χ3v) is 13.9. The maximum atomic E-state index is 2.54. The molecule has 0 saturated heterocycles. The summed E-state index contributed by atoms with van der Waals surface area (Å²) in [7, 11) is 0. The van der Waals surface area contributed by atoms with E-state index in [1.807, 2.05) is 11.3 Å². The highest BCUT2D eigenvalue weighted by Gasteiger charge is 2.46. The average Bonchev–Trinajstić information content (AvgIpc) is 3.87. The Morgan fingerprint density at radius 2 is 0.885 bits per heavy atom. The van der Waals surface area contributed by atoms with E-state index in [-0.39, 0.29) is 0 Å². The third-order valence-electron chi connectivity index (χ3n) is 12.7. The molecular weight excluding hydrogens is 755 g/mol. The molecule has 0 spiro atoms. The standard InChI is InChI=1S/C59H39NS/c1-5-20-40(21-6-1)45-28-16-18-34-54(45)60(55-39-51-57-46(41-22-7-2-8-23-41)32-19-35-56(57)61-58(51)50-31-14-13-30-49(50)55)44-36-37-48-47-29-15-17-33-52(47)59(53(48)38-44,42-24-9-3-10-25-42)43-26-11-4-12-27-43/h1-39H. The van der Waals surface area contributed by atoms with E-state index in [9.17, 15) is 0 Å². The largest absolute Gasteiger partial charge is 0.309 e. The van der Waals surface area contributed by atoms with Crippen molar-refractivity contribution in [3.63, 3.8) is 0 Å². The molecule has 0 fully saturated rings. The summed E-state index contributed by atoms with van der Waals surface area (Å²) in [4.78, 5) is 2.54. The number of hydrogen-bond donors (Lipinski definition) is 0. The SMILES string of the molecule is c1ccc(-c2ccccc2N(c2ccc3c(c2)C(c2ccccc2)(c2ccccc2)c2ccccc2-3)c2cc3c(sc4cccc(-c5ccccc5)c43)c3ccccc23)cc1. The maximum Gasteiger partial charge on any atom is 0.0714 e. The number of anilines is 3. The van der Waals surface area contributed by atoms with Crippen molar-refractivity contribution in [1.82, 2.24) is 0 Å². The van der Waals surface area contributed by atoms with Gasteiger partial charge in [-0.15, -0.1) is 11.3 Å². The summed E-state index contributed by atoms with van der Waals surface area (Å²) in [6.07, 6.45) is 0. The minimum atomic E-state index is -0.532. The van der Waals surface area contributed by atoms with Crippen LogP contribution in [0.25, 0.3) is 64.3 Å². The van der Waals surface area contributed by atoms with E-state index in [4.69, 9.17) is 0 Å². The Balaban J connectivity index is 1.20. The molecule has 1 aromatic heterocycles. The lowest BCUT2D eigenvalue weighted by Gasteiger charge is -2.35. The van der Waals surface area contributed by atoms with Gasteiger partial charge >= 0.3 is 0 Å². The summed E-state index contributed by atoms with van der Waals surface area (Å²) in [5.74, 6) is 0. The third kappa shape index (κ3) is 5.46. The van der Waals surface area contributed by atoms with Gasteiger partial charge in [0.2, 0.25) is 0 Å². The number of benzene rings is 10. The molecule has 1 nitrogen and oxygen atoms in total. The average molecular weight is 794 g/mol. The summed E-state index contributed by atoms with van der Waals surface area (Å²) >= 11 is 1.90. The molecule has 0 saturated carbocycles. The zero-order chi connectivity index (χ0) is 40.3. The molecule has 1 heterocycles. The smallest absolute Gasteiger partial charge is 0.0714 e. The minimum absolute atomic E-state index is 0.532. The topological polar surface area (TPSA) is 3.24 Å². The Morgan fingerprint density at radius 3 is 1.59 bits per heavy atom. The van der Waals surface area contributed by atoms with Crippen LogP contribution in [0, 0.1) is 0 Å². The molecule has 0 amide bonds. The lowest BCUT2D eigenvalue weighted by atomic mass is 9.67. The van der Waals surface area contributed by atoms with Gasteiger partial charge in [0.15, 0.2) is 0 Å².